The van der Waals surface area contributed by atoms with Crippen molar-refractivity contribution in [1.82, 2.24) is 14.8 Å². The highest BCUT2D eigenvalue weighted by Crippen LogP contribution is 2.26. The first kappa shape index (κ1) is 9.97. The predicted octanol–water partition coefficient (Wildman–Crippen LogP) is 0.767. The highest BCUT2D eigenvalue weighted by Gasteiger charge is 2.32. The summed E-state index contributed by atoms with van der Waals surface area (Å²) in [5, 5.41) is 3.63. The fourth-order valence-electron chi connectivity index (χ4n) is 0.982. The molecule has 1 atom stereocenters. The van der Waals surface area contributed by atoms with Gasteiger partial charge in [0.2, 0.25) is 0 Å². The van der Waals surface area contributed by atoms with Crippen LogP contribution >= 0.6 is 0 Å². The molecule has 0 aliphatic carbocycles. The van der Waals surface area contributed by atoms with Gasteiger partial charge in [0.25, 0.3) is 0 Å². The fraction of sp³-hybridized carbons (Fsp3) is 0.667. The monoisotopic (exact) mass is 194 g/mol. The lowest BCUT2D eigenvalue weighted by molar-refractivity contribution is -0.139. The van der Waals surface area contributed by atoms with Crippen LogP contribution in [0.2, 0.25) is 0 Å². The third-order valence-electron chi connectivity index (χ3n) is 1.53. The highest BCUT2D eigenvalue weighted by atomic mass is 19.4. The minimum atomic E-state index is -4.27. The number of aromatic nitrogens is 3. The van der Waals surface area contributed by atoms with Gasteiger partial charge in [0.1, 0.15) is 12.2 Å². The van der Waals surface area contributed by atoms with Crippen LogP contribution in [0.15, 0.2) is 6.33 Å². The van der Waals surface area contributed by atoms with E-state index in [1.165, 1.54) is 18.1 Å². The molecule has 1 aromatic rings. The first-order chi connectivity index (χ1) is 5.90. The Morgan fingerprint density at radius 3 is 2.62 bits per heavy atom. The molecule has 0 aliphatic heterocycles. The van der Waals surface area contributed by atoms with Crippen LogP contribution in [-0.4, -0.2) is 20.9 Å². The summed E-state index contributed by atoms with van der Waals surface area (Å²) in [5.41, 5.74) is 5.28. The van der Waals surface area contributed by atoms with Gasteiger partial charge in [-0.1, -0.05) is 0 Å². The molecule has 1 unspecified atom stereocenters. The van der Waals surface area contributed by atoms with E-state index in [-0.39, 0.29) is 5.82 Å². The summed E-state index contributed by atoms with van der Waals surface area (Å²) in [6.07, 6.45) is -4.18. The summed E-state index contributed by atoms with van der Waals surface area (Å²) < 4.78 is 36.9. The number of alkyl halides is 3. The zero-order chi connectivity index (χ0) is 10.1. The topological polar surface area (TPSA) is 56.7 Å². The summed E-state index contributed by atoms with van der Waals surface area (Å²) >= 11 is 0. The van der Waals surface area contributed by atoms with Crippen LogP contribution in [0.3, 0.4) is 0 Å². The summed E-state index contributed by atoms with van der Waals surface area (Å²) in [4.78, 5) is 3.63. The van der Waals surface area contributed by atoms with Gasteiger partial charge in [-0.3, -0.25) is 4.68 Å². The summed E-state index contributed by atoms with van der Waals surface area (Å²) in [6.45, 7) is 0. The van der Waals surface area contributed by atoms with E-state index in [1.807, 2.05) is 0 Å². The van der Waals surface area contributed by atoms with Gasteiger partial charge in [0, 0.05) is 7.05 Å². The Hall–Kier alpha value is -1.11. The van der Waals surface area contributed by atoms with Crippen LogP contribution < -0.4 is 5.73 Å². The summed E-state index contributed by atoms with van der Waals surface area (Å²) in [6, 6.07) is -1.15. The van der Waals surface area contributed by atoms with E-state index in [1.54, 1.807) is 0 Å². The smallest absolute Gasteiger partial charge is 0.321 e. The second-order valence-electron chi connectivity index (χ2n) is 2.67. The number of hydrogen-bond acceptors (Lipinski definition) is 3. The molecule has 0 fully saturated rings. The van der Waals surface area contributed by atoms with E-state index >= 15 is 0 Å². The first-order valence-electron chi connectivity index (χ1n) is 3.56. The van der Waals surface area contributed by atoms with E-state index in [9.17, 15) is 13.2 Å². The molecule has 0 saturated heterocycles. The molecule has 1 rings (SSSR count). The van der Waals surface area contributed by atoms with E-state index in [2.05, 4.69) is 10.1 Å². The van der Waals surface area contributed by atoms with Crippen LogP contribution in [0.4, 0.5) is 13.2 Å². The average molecular weight is 194 g/mol. The minimum absolute atomic E-state index is 0.136. The van der Waals surface area contributed by atoms with Crippen molar-refractivity contribution in [3.63, 3.8) is 0 Å². The quantitative estimate of drug-likeness (QED) is 0.756. The zero-order valence-corrected chi connectivity index (χ0v) is 6.91. The number of nitrogens with zero attached hydrogens (tertiary/aromatic N) is 3. The maximum absolute atomic E-state index is 11.9. The molecule has 4 nitrogen and oxygen atoms in total. The van der Waals surface area contributed by atoms with Crippen molar-refractivity contribution in [3.8, 4) is 0 Å². The number of aryl methyl sites for hydroxylation is 1. The Bertz CT molecular complexity index is 280. The van der Waals surface area contributed by atoms with Gasteiger partial charge in [-0.15, -0.1) is 0 Å². The van der Waals surface area contributed by atoms with E-state index in [0.29, 0.717) is 0 Å². The van der Waals surface area contributed by atoms with Crippen LogP contribution in [0.1, 0.15) is 18.3 Å². The third kappa shape index (κ3) is 2.69. The molecule has 0 spiro atoms. The van der Waals surface area contributed by atoms with Gasteiger partial charge in [-0.2, -0.15) is 18.3 Å². The molecule has 13 heavy (non-hydrogen) atoms. The van der Waals surface area contributed by atoms with Gasteiger partial charge in [-0.05, 0) is 0 Å². The lowest BCUT2D eigenvalue weighted by Crippen LogP contribution is -2.23. The maximum Gasteiger partial charge on any atom is 0.391 e. The number of halogens is 3. The lowest BCUT2D eigenvalue weighted by atomic mass is 10.2. The zero-order valence-electron chi connectivity index (χ0n) is 6.91. The van der Waals surface area contributed by atoms with Gasteiger partial charge in [0.15, 0.2) is 0 Å². The Kier molecular flexibility index (Phi) is 2.55. The van der Waals surface area contributed by atoms with Gasteiger partial charge >= 0.3 is 6.18 Å². The van der Waals surface area contributed by atoms with Crippen molar-refractivity contribution in [2.75, 3.05) is 0 Å². The van der Waals surface area contributed by atoms with Crippen molar-refractivity contribution in [2.45, 2.75) is 18.6 Å². The largest absolute Gasteiger partial charge is 0.391 e. The fourth-order valence-corrected chi connectivity index (χ4v) is 0.982. The Morgan fingerprint density at radius 2 is 2.23 bits per heavy atom. The predicted molar refractivity (Wildman–Crippen MR) is 38.6 cm³/mol. The van der Waals surface area contributed by atoms with Crippen LogP contribution in [0, 0.1) is 0 Å². The molecule has 2 N–H and O–H groups in total. The van der Waals surface area contributed by atoms with Gasteiger partial charge in [0.05, 0.1) is 12.5 Å². The van der Waals surface area contributed by atoms with E-state index < -0.39 is 18.6 Å². The maximum atomic E-state index is 11.9. The average Bonchev–Trinajstić information content (AvgIpc) is 2.30. The van der Waals surface area contributed by atoms with Gasteiger partial charge < -0.3 is 5.73 Å². The SMILES string of the molecule is Cn1ncnc1C(N)CC(F)(F)F. The van der Waals surface area contributed by atoms with Crippen molar-refractivity contribution in [1.29, 1.82) is 0 Å². The second kappa shape index (κ2) is 3.33. The molecule has 0 radical (unpaired) electrons. The van der Waals surface area contributed by atoms with Crippen LogP contribution in [0.25, 0.3) is 0 Å². The van der Waals surface area contributed by atoms with E-state index in [4.69, 9.17) is 5.73 Å². The van der Waals surface area contributed by atoms with Crippen LogP contribution in [-0.2, 0) is 7.05 Å². The number of rotatable bonds is 2. The molecule has 0 aliphatic rings. The second-order valence-corrected chi connectivity index (χ2v) is 2.67. The Balaban J connectivity index is 2.69. The van der Waals surface area contributed by atoms with Gasteiger partial charge in [-0.25, -0.2) is 4.98 Å². The molecule has 7 heteroatoms. The lowest BCUT2D eigenvalue weighted by Gasteiger charge is -2.12. The highest BCUT2D eigenvalue weighted by molar-refractivity contribution is 4.92. The van der Waals surface area contributed by atoms with Crippen molar-refractivity contribution in [2.24, 2.45) is 12.8 Å². The molecular weight excluding hydrogens is 185 g/mol. The molecule has 1 heterocycles. The van der Waals surface area contributed by atoms with Crippen molar-refractivity contribution < 1.29 is 13.2 Å². The summed E-state index contributed by atoms with van der Waals surface area (Å²) in [7, 11) is 1.50. The minimum Gasteiger partial charge on any atom is -0.321 e. The van der Waals surface area contributed by atoms with E-state index in [0.717, 1.165) is 0 Å². The molecule has 0 saturated carbocycles. The number of hydrogen-bond donors (Lipinski definition) is 1. The number of nitrogens with two attached hydrogens (primary N) is 1. The van der Waals surface area contributed by atoms with Crippen molar-refractivity contribution >= 4 is 0 Å². The molecule has 0 amide bonds. The molecule has 1 aromatic heterocycles. The molecule has 0 aromatic carbocycles. The third-order valence-corrected chi connectivity index (χ3v) is 1.53. The Labute approximate surface area is 72.6 Å². The summed E-state index contributed by atoms with van der Waals surface area (Å²) in [5.74, 6) is 0.136. The Morgan fingerprint density at radius 1 is 1.62 bits per heavy atom. The molecule has 0 bridgehead atoms. The standard InChI is InChI=1S/C6H9F3N4/c1-13-5(11-3-12-13)4(10)2-6(7,8)9/h3-4H,2,10H2,1H3. The van der Waals surface area contributed by atoms with Crippen LogP contribution in [0.5, 0.6) is 0 Å². The molecular formula is C6H9F3N4. The molecule has 74 valence electrons. The van der Waals surface area contributed by atoms with Crippen molar-refractivity contribution in [3.05, 3.63) is 12.2 Å². The first-order valence-corrected chi connectivity index (χ1v) is 3.56. The normalized spacial score (nSPS) is 14.5.